The van der Waals surface area contributed by atoms with Crippen LogP contribution in [-0.2, 0) is 9.53 Å². The fourth-order valence-corrected chi connectivity index (χ4v) is 1.12. The van der Waals surface area contributed by atoms with Crippen molar-refractivity contribution >= 4 is 5.97 Å². The van der Waals surface area contributed by atoms with Gasteiger partial charge in [0.15, 0.2) is 0 Å². The summed E-state index contributed by atoms with van der Waals surface area (Å²) in [6.45, 7) is 1.61. The van der Waals surface area contributed by atoms with Crippen LogP contribution >= 0.6 is 0 Å². The zero-order chi connectivity index (χ0) is 10.7. The summed E-state index contributed by atoms with van der Waals surface area (Å²) in [6, 6.07) is 3.45. The summed E-state index contributed by atoms with van der Waals surface area (Å²) in [5.41, 5.74) is 6.58. The van der Waals surface area contributed by atoms with Crippen molar-refractivity contribution in [1.29, 1.82) is 0 Å². The van der Waals surface area contributed by atoms with Crippen molar-refractivity contribution in [3.8, 4) is 0 Å². The van der Waals surface area contributed by atoms with E-state index in [-0.39, 0.29) is 5.82 Å². The lowest BCUT2D eigenvalue weighted by atomic mass is 10.1. The zero-order valence-corrected chi connectivity index (χ0v) is 8.08. The van der Waals surface area contributed by atoms with Crippen LogP contribution in [0.5, 0.6) is 0 Å². The minimum absolute atomic E-state index is 0.314. The highest BCUT2D eigenvalue weighted by Crippen LogP contribution is 2.15. The number of hydrogen-bond acceptors (Lipinski definition) is 3. The first-order valence-corrected chi connectivity index (χ1v) is 4.15. The molecule has 0 aromatic heterocycles. The lowest BCUT2D eigenvalue weighted by molar-refractivity contribution is -0.142. The van der Waals surface area contributed by atoms with Gasteiger partial charge in [-0.3, -0.25) is 4.79 Å². The number of carbonyl (C=O) groups excluding carboxylic acids is 1. The molecule has 0 spiro atoms. The maximum atomic E-state index is 12.9. The van der Waals surface area contributed by atoms with Crippen molar-refractivity contribution in [2.75, 3.05) is 7.11 Å². The van der Waals surface area contributed by atoms with E-state index < -0.39 is 12.0 Å². The molecule has 1 aromatic rings. The molecular formula is C10H12FNO2. The number of nitrogens with two attached hydrogens (primary N) is 1. The van der Waals surface area contributed by atoms with Crippen molar-refractivity contribution in [2.45, 2.75) is 13.0 Å². The number of rotatable bonds is 2. The van der Waals surface area contributed by atoms with Gasteiger partial charge in [0.1, 0.15) is 11.9 Å². The van der Waals surface area contributed by atoms with Crippen LogP contribution in [0.2, 0.25) is 0 Å². The number of aryl methyl sites for hydroxylation is 1. The fraction of sp³-hybridized carbons (Fsp3) is 0.300. The zero-order valence-electron chi connectivity index (χ0n) is 8.08. The first-order valence-electron chi connectivity index (χ1n) is 4.15. The third-order valence-electron chi connectivity index (χ3n) is 2.00. The van der Waals surface area contributed by atoms with Gasteiger partial charge in [0, 0.05) is 0 Å². The van der Waals surface area contributed by atoms with E-state index in [0.717, 1.165) is 0 Å². The third-order valence-corrected chi connectivity index (χ3v) is 2.00. The molecule has 3 nitrogen and oxygen atoms in total. The van der Waals surface area contributed by atoms with Gasteiger partial charge < -0.3 is 10.5 Å². The molecule has 1 aromatic carbocycles. The van der Waals surface area contributed by atoms with E-state index in [1.165, 1.54) is 25.3 Å². The molecule has 1 atom stereocenters. The fourth-order valence-electron chi connectivity index (χ4n) is 1.12. The highest BCUT2D eigenvalue weighted by Gasteiger charge is 2.16. The summed E-state index contributed by atoms with van der Waals surface area (Å²) in [7, 11) is 1.26. The molecular weight excluding hydrogens is 185 g/mol. The minimum atomic E-state index is -0.848. The molecule has 0 unspecified atom stereocenters. The first-order chi connectivity index (χ1) is 6.56. The van der Waals surface area contributed by atoms with Gasteiger partial charge in [-0.2, -0.15) is 0 Å². The largest absolute Gasteiger partial charge is 0.468 e. The molecule has 2 N–H and O–H groups in total. The van der Waals surface area contributed by atoms with Crippen LogP contribution in [0.3, 0.4) is 0 Å². The number of methoxy groups -OCH3 is 1. The molecule has 0 heterocycles. The van der Waals surface area contributed by atoms with Gasteiger partial charge in [-0.05, 0) is 24.1 Å². The Kier molecular flexibility index (Phi) is 3.19. The number of carbonyl (C=O) groups is 1. The molecule has 0 fully saturated rings. The molecule has 0 aliphatic rings. The van der Waals surface area contributed by atoms with Gasteiger partial charge in [-0.1, -0.05) is 12.1 Å². The number of halogens is 1. The van der Waals surface area contributed by atoms with Crippen molar-refractivity contribution in [3.05, 3.63) is 35.1 Å². The molecule has 4 heteroatoms. The van der Waals surface area contributed by atoms with Crippen LogP contribution < -0.4 is 5.73 Å². The topological polar surface area (TPSA) is 52.3 Å². The van der Waals surface area contributed by atoms with Gasteiger partial charge in [-0.15, -0.1) is 0 Å². The van der Waals surface area contributed by atoms with Crippen molar-refractivity contribution in [2.24, 2.45) is 5.73 Å². The Morgan fingerprint density at radius 1 is 1.57 bits per heavy atom. The van der Waals surface area contributed by atoms with Crippen LogP contribution in [0, 0.1) is 12.7 Å². The summed E-state index contributed by atoms with van der Waals surface area (Å²) in [4.78, 5) is 11.1. The molecule has 0 bridgehead atoms. The lowest BCUT2D eigenvalue weighted by Gasteiger charge is -2.10. The summed E-state index contributed by atoms with van der Waals surface area (Å²) < 4.78 is 17.4. The minimum Gasteiger partial charge on any atom is -0.468 e. The normalized spacial score (nSPS) is 12.3. The average molecular weight is 197 g/mol. The maximum absolute atomic E-state index is 12.9. The smallest absolute Gasteiger partial charge is 0.327 e. The highest BCUT2D eigenvalue weighted by atomic mass is 19.1. The molecule has 0 saturated heterocycles. The number of hydrogen-bond donors (Lipinski definition) is 1. The molecule has 14 heavy (non-hydrogen) atoms. The van der Waals surface area contributed by atoms with E-state index in [1.807, 2.05) is 0 Å². The standard InChI is InChI=1S/C10H12FNO2/c1-6-5-7(3-4-8(6)11)9(12)10(13)14-2/h3-5,9H,12H2,1-2H3/t9-/m0/s1. The molecule has 0 aliphatic heterocycles. The Hall–Kier alpha value is -1.42. The van der Waals surface area contributed by atoms with E-state index >= 15 is 0 Å². The Morgan fingerprint density at radius 3 is 2.71 bits per heavy atom. The number of ether oxygens (including phenoxy) is 1. The Balaban J connectivity index is 2.96. The highest BCUT2D eigenvalue weighted by molar-refractivity contribution is 5.77. The van der Waals surface area contributed by atoms with Gasteiger partial charge in [0.05, 0.1) is 7.11 Å². The summed E-state index contributed by atoms with van der Waals surface area (Å²) >= 11 is 0. The van der Waals surface area contributed by atoms with Crippen molar-refractivity contribution in [3.63, 3.8) is 0 Å². The molecule has 0 aliphatic carbocycles. The van der Waals surface area contributed by atoms with E-state index in [0.29, 0.717) is 11.1 Å². The number of benzene rings is 1. The van der Waals surface area contributed by atoms with Gasteiger partial charge >= 0.3 is 5.97 Å². The van der Waals surface area contributed by atoms with E-state index in [2.05, 4.69) is 4.74 Å². The molecule has 1 rings (SSSR count). The quantitative estimate of drug-likeness (QED) is 0.727. The van der Waals surface area contributed by atoms with Crippen LogP contribution in [0.15, 0.2) is 18.2 Å². The molecule has 0 saturated carbocycles. The summed E-state index contributed by atoms with van der Waals surface area (Å²) in [6.07, 6.45) is 0. The third kappa shape index (κ3) is 2.09. The predicted molar refractivity (Wildman–Crippen MR) is 50.1 cm³/mol. The second-order valence-corrected chi connectivity index (χ2v) is 3.01. The number of esters is 1. The molecule has 76 valence electrons. The summed E-state index contributed by atoms with van der Waals surface area (Å²) in [5.74, 6) is -0.846. The maximum Gasteiger partial charge on any atom is 0.327 e. The van der Waals surface area contributed by atoms with E-state index in [9.17, 15) is 9.18 Å². The van der Waals surface area contributed by atoms with Crippen molar-refractivity contribution < 1.29 is 13.9 Å². The van der Waals surface area contributed by atoms with Gasteiger partial charge in [0.25, 0.3) is 0 Å². The average Bonchev–Trinajstić information content (AvgIpc) is 2.20. The van der Waals surface area contributed by atoms with E-state index in [1.54, 1.807) is 6.92 Å². The second-order valence-electron chi connectivity index (χ2n) is 3.01. The monoisotopic (exact) mass is 197 g/mol. The van der Waals surface area contributed by atoms with Crippen LogP contribution in [0.25, 0.3) is 0 Å². The van der Waals surface area contributed by atoms with Crippen LogP contribution in [-0.4, -0.2) is 13.1 Å². The molecule has 0 radical (unpaired) electrons. The Bertz CT molecular complexity index is 352. The lowest BCUT2D eigenvalue weighted by Crippen LogP contribution is -2.22. The molecule has 0 amide bonds. The predicted octanol–water partition coefficient (Wildman–Crippen LogP) is 1.31. The Labute approximate surface area is 81.7 Å². The first kappa shape index (κ1) is 10.7. The Morgan fingerprint density at radius 2 is 2.21 bits per heavy atom. The van der Waals surface area contributed by atoms with Gasteiger partial charge in [-0.25, -0.2) is 4.39 Å². The van der Waals surface area contributed by atoms with E-state index in [4.69, 9.17) is 5.73 Å². The van der Waals surface area contributed by atoms with Crippen molar-refractivity contribution in [1.82, 2.24) is 0 Å². The summed E-state index contributed by atoms with van der Waals surface area (Å²) in [5, 5.41) is 0. The second kappa shape index (κ2) is 4.19. The van der Waals surface area contributed by atoms with Crippen LogP contribution in [0.4, 0.5) is 4.39 Å². The van der Waals surface area contributed by atoms with Crippen LogP contribution in [0.1, 0.15) is 17.2 Å². The van der Waals surface area contributed by atoms with Gasteiger partial charge in [0.2, 0.25) is 0 Å². The SMILES string of the molecule is COC(=O)[C@@H](N)c1ccc(F)c(C)c1.